The Morgan fingerprint density at radius 3 is 2.90 bits per heavy atom. The number of aryl methyl sites for hydroxylation is 1. The van der Waals surface area contributed by atoms with Crippen LogP contribution in [0.1, 0.15) is 30.2 Å². The molecule has 2 aromatic rings. The molecule has 1 N–H and O–H groups in total. The molecule has 4 rings (SSSR count). The van der Waals surface area contributed by atoms with E-state index in [-0.39, 0.29) is 31.1 Å². The highest BCUT2D eigenvalue weighted by Crippen LogP contribution is 2.54. The van der Waals surface area contributed by atoms with Gasteiger partial charge in [0, 0.05) is 17.3 Å². The molecule has 1 aromatic carbocycles. The topological polar surface area (TPSA) is 91.8 Å². The summed E-state index contributed by atoms with van der Waals surface area (Å²) in [6.45, 7) is 1.96. The van der Waals surface area contributed by atoms with E-state index in [1.165, 1.54) is 0 Å². The predicted molar refractivity (Wildman–Crippen MR) is 106 cm³/mol. The van der Waals surface area contributed by atoms with Crippen molar-refractivity contribution in [2.45, 2.75) is 38.7 Å². The molecule has 1 fully saturated rings. The van der Waals surface area contributed by atoms with Crippen molar-refractivity contribution in [3.63, 3.8) is 0 Å². The number of para-hydroxylation sites is 1. The van der Waals surface area contributed by atoms with E-state index in [0.29, 0.717) is 36.1 Å². The molecule has 0 bridgehead atoms. The van der Waals surface area contributed by atoms with Gasteiger partial charge in [0.05, 0.1) is 26.5 Å². The van der Waals surface area contributed by atoms with Crippen molar-refractivity contribution >= 4 is 20.0 Å². The van der Waals surface area contributed by atoms with Gasteiger partial charge in [-0.05, 0) is 38.0 Å². The minimum absolute atomic E-state index is 0.0750. The molecular formula is C18H22FN2O6PS. The number of phosphoric acid groups is 1. The normalized spacial score (nSPS) is 25.5. The average molecular weight is 444 g/mol. The van der Waals surface area contributed by atoms with E-state index in [1.807, 2.05) is 12.1 Å². The summed E-state index contributed by atoms with van der Waals surface area (Å²) >= 11 is 5.21. The minimum atomic E-state index is -3.67. The van der Waals surface area contributed by atoms with Crippen molar-refractivity contribution in [1.82, 2.24) is 9.55 Å². The number of ether oxygens (including phenoxy) is 1. The summed E-state index contributed by atoms with van der Waals surface area (Å²) in [4.78, 5) is 14.2. The molecule has 1 saturated heterocycles. The average Bonchev–Trinajstić information content (AvgIpc) is 3.19. The van der Waals surface area contributed by atoms with Gasteiger partial charge in [-0.1, -0.05) is 18.2 Å². The lowest BCUT2D eigenvalue weighted by Crippen LogP contribution is -2.21. The number of rotatable bonds is 4. The number of hydrogen-bond donors (Lipinski definition) is 1. The summed E-state index contributed by atoms with van der Waals surface area (Å²) in [5.74, 6) is 0.507. The molecule has 29 heavy (non-hydrogen) atoms. The highest BCUT2D eigenvalue weighted by molar-refractivity contribution is 7.71. The number of benzene rings is 1. The third kappa shape index (κ3) is 5.02. The molecule has 0 aliphatic carbocycles. The van der Waals surface area contributed by atoms with E-state index in [2.05, 4.69) is 4.98 Å². The maximum atomic E-state index is 12.7. The quantitative estimate of drug-likeness (QED) is 0.558. The maximum Gasteiger partial charge on any atom is 0.530 e. The standard InChI is InChI=1S/C17H19N2O6PS.CH3F/c1-11-8-19(17(27)18-16(11)20)15-7-6-13(24-15)10-23-26(21)22-9-12-4-2-3-5-14(12)25-26;1-2/h2-5,8,13,15H,6-7,9-10H2,1H3,(H,18,20,27);1H3. The van der Waals surface area contributed by atoms with Gasteiger partial charge in [0.1, 0.15) is 12.0 Å². The van der Waals surface area contributed by atoms with Gasteiger partial charge in [0.2, 0.25) is 0 Å². The molecule has 11 heteroatoms. The van der Waals surface area contributed by atoms with Crippen LogP contribution in [0.3, 0.4) is 0 Å². The number of aromatic nitrogens is 2. The second-order valence-corrected chi connectivity index (χ2v) is 8.46. The fraction of sp³-hybridized carbons (Fsp3) is 0.444. The van der Waals surface area contributed by atoms with Gasteiger partial charge in [-0.15, -0.1) is 0 Å². The van der Waals surface area contributed by atoms with Crippen molar-refractivity contribution in [2.75, 3.05) is 13.8 Å². The Morgan fingerprint density at radius 1 is 1.34 bits per heavy atom. The first-order chi connectivity index (χ1) is 13.9. The van der Waals surface area contributed by atoms with Gasteiger partial charge in [-0.3, -0.25) is 27.8 Å². The van der Waals surface area contributed by atoms with Crippen molar-refractivity contribution in [3.8, 4) is 5.75 Å². The van der Waals surface area contributed by atoms with Gasteiger partial charge in [0.25, 0.3) is 5.56 Å². The largest absolute Gasteiger partial charge is 0.530 e. The first kappa shape index (κ1) is 21.9. The molecule has 3 heterocycles. The molecule has 2 aliphatic heterocycles. The predicted octanol–water partition coefficient (Wildman–Crippen LogP) is 4.21. The van der Waals surface area contributed by atoms with Crippen LogP contribution < -0.4 is 10.1 Å². The fourth-order valence-electron chi connectivity index (χ4n) is 3.06. The van der Waals surface area contributed by atoms with Crippen LogP contribution in [0.15, 0.2) is 35.3 Å². The zero-order chi connectivity index (χ0) is 21.0. The highest BCUT2D eigenvalue weighted by atomic mass is 32.1. The molecule has 0 radical (unpaired) electrons. The van der Waals surface area contributed by atoms with Crippen molar-refractivity contribution < 1.29 is 27.3 Å². The van der Waals surface area contributed by atoms with Crippen LogP contribution in [0.5, 0.6) is 5.75 Å². The first-order valence-corrected chi connectivity index (χ1v) is 10.8. The van der Waals surface area contributed by atoms with Crippen LogP contribution in [0.2, 0.25) is 0 Å². The van der Waals surface area contributed by atoms with Gasteiger partial charge >= 0.3 is 7.82 Å². The van der Waals surface area contributed by atoms with Crippen molar-refractivity contribution in [1.29, 1.82) is 0 Å². The van der Waals surface area contributed by atoms with E-state index < -0.39 is 7.82 Å². The maximum absolute atomic E-state index is 12.7. The van der Waals surface area contributed by atoms with E-state index in [1.54, 1.807) is 29.8 Å². The Hall–Kier alpha value is -1.84. The molecule has 0 amide bonds. The molecular weight excluding hydrogens is 422 g/mol. The number of fused-ring (bicyclic) bond motifs is 1. The van der Waals surface area contributed by atoms with E-state index in [4.69, 9.17) is 30.5 Å². The van der Waals surface area contributed by atoms with Crippen LogP contribution >= 0.6 is 20.0 Å². The van der Waals surface area contributed by atoms with Crippen LogP contribution in [0, 0.1) is 11.7 Å². The summed E-state index contributed by atoms with van der Waals surface area (Å²) in [6.07, 6.45) is 2.49. The highest BCUT2D eigenvalue weighted by Gasteiger charge is 2.36. The monoisotopic (exact) mass is 444 g/mol. The number of halogens is 1. The van der Waals surface area contributed by atoms with E-state index in [9.17, 15) is 13.8 Å². The van der Waals surface area contributed by atoms with Crippen LogP contribution in [0.4, 0.5) is 4.39 Å². The fourth-order valence-corrected chi connectivity index (χ4v) is 4.57. The molecule has 158 valence electrons. The SMILES string of the molecule is CF.Cc1cn(C2CCC(COP3(=O)OCc4ccccc4O3)O2)c(=S)[nH]c1=O. The Bertz CT molecular complexity index is 1030. The zero-order valence-corrected chi connectivity index (χ0v) is 17.7. The summed E-state index contributed by atoms with van der Waals surface area (Å²) < 4.78 is 46.3. The molecule has 1 aromatic heterocycles. The number of nitrogens with zero attached hydrogens (tertiary/aromatic N) is 1. The number of aromatic amines is 1. The summed E-state index contributed by atoms with van der Waals surface area (Å²) in [6, 6.07) is 7.24. The van der Waals surface area contributed by atoms with Crippen LogP contribution in [0.25, 0.3) is 0 Å². The second kappa shape index (κ2) is 9.32. The number of hydrogen-bond acceptors (Lipinski definition) is 7. The van der Waals surface area contributed by atoms with Crippen molar-refractivity contribution in [2.24, 2.45) is 0 Å². The van der Waals surface area contributed by atoms with Gasteiger partial charge < -0.3 is 9.26 Å². The van der Waals surface area contributed by atoms with E-state index in [0.717, 1.165) is 5.56 Å². The van der Waals surface area contributed by atoms with Gasteiger partial charge in [0.15, 0.2) is 4.77 Å². The molecule has 3 atom stereocenters. The lowest BCUT2D eigenvalue weighted by molar-refractivity contribution is -0.0256. The molecule has 3 unspecified atom stereocenters. The molecule has 8 nitrogen and oxygen atoms in total. The minimum Gasteiger partial charge on any atom is -0.404 e. The van der Waals surface area contributed by atoms with Crippen LogP contribution in [-0.2, 0) is 25.0 Å². The lowest BCUT2D eigenvalue weighted by Gasteiger charge is -2.25. The Balaban J connectivity index is 0.00000117. The number of phosphoric ester groups is 1. The summed E-state index contributed by atoms with van der Waals surface area (Å²) in [5, 5.41) is 0. The van der Waals surface area contributed by atoms with Gasteiger partial charge in [-0.2, -0.15) is 0 Å². The molecule has 0 spiro atoms. The lowest BCUT2D eigenvalue weighted by atomic mass is 10.2. The van der Waals surface area contributed by atoms with Gasteiger partial charge in [-0.25, -0.2) is 4.57 Å². The first-order valence-electron chi connectivity index (χ1n) is 8.95. The third-order valence-corrected chi connectivity index (χ3v) is 6.16. The molecule has 2 aliphatic rings. The van der Waals surface area contributed by atoms with Crippen molar-refractivity contribution in [3.05, 3.63) is 56.7 Å². The number of nitrogens with one attached hydrogen (secondary N) is 1. The smallest absolute Gasteiger partial charge is 0.404 e. The summed E-state index contributed by atoms with van der Waals surface area (Å²) in [5.41, 5.74) is 1.17. The third-order valence-electron chi connectivity index (χ3n) is 4.52. The van der Waals surface area contributed by atoms with Crippen LogP contribution in [-0.4, -0.2) is 29.4 Å². The Morgan fingerprint density at radius 2 is 2.10 bits per heavy atom. The van der Waals surface area contributed by atoms with E-state index >= 15 is 0 Å². The number of alkyl halides is 1. The molecule has 0 saturated carbocycles. The zero-order valence-electron chi connectivity index (χ0n) is 16.0. The Labute approximate surface area is 172 Å². The Kier molecular flexibility index (Phi) is 7.02. The summed E-state index contributed by atoms with van der Waals surface area (Å²) in [7, 11) is -3.17. The second-order valence-electron chi connectivity index (χ2n) is 6.48. The number of H-pyrrole nitrogens is 1.